The topological polar surface area (TPSA) is 98.5 Å². The minimum absolute atomic E-state index is 0.0280. The zero-order chi connectivity index (χ0) is 32.1. The second-order valence-corrected chi connectivity index (χ2v) is 9.70. The Hall–Kier alpha value is -5.12. The fourth-order valence-corrected chi connectivity index (χ4v) is 4.33. The summed E-state index contributed by atoms with van der Waals surface area (Å²) < 4.78 is 84.8. The number of hydrogen-bond donors (Lipinski definition) is 1. The highest BCUT2D eigenvalue weighted by atomic mass is 19.4. The lowest BCUT2D eigenvalue weighted by Crippen LogP contribution is -2.28. The van der Waals surface area contributed by atoms with Crippen molar-refractivity contribution in [1.82, 2.24) is 5.32 Å². The van der Waals surface area contributed by atoms with Gasteiger partial charge >= 0.3 is 12.4 Å². The summed E-state index contributed by atoms with van der Waals surface area (Å²) >= 11 is 0. The van der Waals surface area contributed by atoms with Gasteiger partial charge in [-0.05, 0) is 90.7 Å². The van der Waals surface area contributed by atoms with Gasteiger partial charge in [0.05, 0.1) is 17.7 Å². The number of halogens is 6. The Morgan fingerprint density at radius 3 is 2.30 bits per heavy atom. The Balaban J connectivity index is 1.36. The van der Waals surface area contributed by atoms with E-state index in [-0.39, 0.29) is 61.1 Å². The van der Waals surface area contributed by atoms with E-state index in [1.165, 1.54) is 24.3 Å². The number of nitrogens with zero attached hydrogens (tertiary/aromatic N) is 1. The van der Waals surface area contributed by atoms with Crippen LogP contribution in [0.25, 0.3) is 12.2 Å². The number of alkyl halides is 6. The van der Waals surface area contributed by atoms with Crippen LogP contribution in [0.5, 0.6) is 5.75 Å². The van der Waals surface area contributed by atoms with Crippen molar-refractivity contribution in [3.63, 3.8) is 0 Å². The van der Waals surface area contributed by atoms with Gasteiger partial charge in [-0.1, -0.05) is 12.1 Å². The first kappa shape index (κ1) is 31.8. The molecule has 228 valence electrons. The van der Waals surface area contributed by atoms with Crippen molar-refractivity contribution in [2.45, 2.75) is 31.7 Å². The lowest BCUT2D eigenvalue weighted by Gasteiger charge is -2.19. The molecule has 0 atom stereocenters. The van der Waals surface area contributed by atoms with Crippen LogP contribution < -0.4 is 10.1 Å². The van der Waals surface area contributed by atoms with Crippen molar-refractivity contribution in [2.75, 3.05) is 13.2 Å². The molecule has 0 bridgehead atoms. The number of fused-ring (bicyclic) bond motifs is 1. The van der Waals surface area contributed by atoms with Crippen LogP contribution >= 0.6 is 0 Å². The van der Waals surface area contributed by atoms with Gasteiger partial charge in [-0.25, -0.2) is 0 Å². The molecule has 1 amide bonds. The van der Waals surface area contributed by atoms with Gasteiger partial charge in [-0.3, -0.25) is 19.7 Å². The summed E-state index contributed by atoms with van der Waals surface area (Å²) in [6.45, 7) is -0.537. The molecule has 3 aromatic carbocycles. The highest BCUT2D eigenvalue weighted by Gasteiger charge is 2.37. The third-order valence-electron chi connectivity index (χ3n) is 6.46. The van der Waals surface area contributed by atoms with Crippen molar-refractivity contribution in [2.24, 2.45) is 0 Å². The van der Waals surface area contributed by atoms with Gasteiger partial charge in [0.1, 0.15) is 5.75 Å². The summed E-state index contributed by atoms with van der Waals surface area (Å²) in [4.78, 5) is 35.2. The highest BCUT2D eigenvalue weighted by molar-refractivity contribution is 6.13. The maximum absolute atomic E-state index is 13.2. The van der Waals surface area contributed by atoms with E-state index in [1.54, 1.807) is 18.2 Å². The fraction of sp³-hybridized carbons (Fsp3) is 0.226. The van der Waals surface area contributed by atoms with E-state index < -0.39 is 40.1 Å². The largest absolute Gasteiger partial charge is 0.484 e. The van der Waals surface area contributed by atoms with Crippen LogP contribution in [0.15, 0.2) is 60.2 Å². The molecule has 0 radical (unpaired) electrons. The van der Waals surface area contributed by atoms with Crippen molar-refractivity contribution >= 4 is 23.8 Å². The van der Waals surface area contributed by atoms with E-state index in [0.29, 0.717) is 28.8 Å². The number of nitro groups is 1. The van der Waals surface area contributed by atoms with E-state index in [0.717, 1.165) is 6.08 Å². The first-order chi connectivity index (χ1) is 20.7. The lowest BCUT2D eigenvalue weighted by atomic mass is 9.85. The lowest BCUT2D eigenvalue weighted by molar-refractivity contribution is -0.468. The number of nitrogens with one attached hydrogen (secondary N) is 1. The van der Waals surface area contributed by atoms with E-state index in [2.05, 4.69) is 17.4 Å². The molecule has 44 heavy (non-hydrogen) atoms. The number of aryl methyl sites for hydroxylation is 1. The minimum Gasteiger partial charge on any atom is -0.484 e. The molecule has 1 N–H and O–H groups in total. The number of carbonyl (C=O) groups excluding carboxylic acids is 2. The van der Waals surface area contributed by atoms with Gasteiger partial charge in [-0.2, -0.15) is 26.3 Å². The van der Waals surface area contributed by atoms with Gasteiger partial charge in [0.2, 0.25) is 6.54 Å². The Labute approximate surface area is 247 Å². The minimum atomic E-state index is -5.01. The van der Waals surface area contributed by atoms with Crippen LogP contribution in [0, 0.1) is 22.2 Å². The van der Waals surface area contributed by atoms with E-state index in [9.17, 15) is 46.0 Å². The maximum atomic E-state index is 13.2. The zero-order valence-corrected chi connectivity index (χ0v) is 22.6. The third kappa shape index (κ3) is 8.47. The molecule has 3 aromatic rings. The molecule has 7 nitrogen and oxygen atoms in total. The zero-order valence-electron chi connectivity index (χ0n) is 22.6. The van der Waals surface area contributed by atoms with Crippen molar-refractivity contribution in [1.29, 1.82) is 0 Å². The number of benzene rings is 2. The van der Waals surface area contributed by atoms with Crippen LogP contribution in [-0.2, 0) is 30.1 Å². The van der Waals surface area contributed by atoms with Crippen LogP contribution in [0.3, 0.4) is 0 Å². The summed E-state index contributed by atoms with van der Waals surface area (Å²) in [5, 5.41) is 13.0. The molecule has 0 aromatic heterocycles. The average Bonchev–Trinajstić information content (AvgIpc) is 2.96. The summed E-state index contributed by atoms with van der Waals surface area (Å²) in [7, 11) is 0. The normalized spacial score (nSPS) is 14.3. The van der Waals surface area contributed by atoms with Gasteiger partial charge in [-0.15, -0.1) is 0 Å². The smallest absolute Gasteiger partial charge is 0.416 e. The Morgan fingerprint density at radius 2 is 1.68 bits per heavy atom. The first-order valence-corrected chi connectivity index (χ1v) is 13.0. The first-order valence-electron chi connectivity index (χ1n) is 13.0. The number of hydrogen-bond acceptors (Lipinski definition) is 5. The van der Waals surface area contributed by atoms with Crippen LogP contribution in [0.1, 0.15) is 50.2 Å². The standard InChI is InChI=1S/C31H22F6N2O5/c32-30(33,34)24-13-21(14-25(16-24)31(35,36)37)12-23-8-7-22-15-26(9-10-27(22)29(23)41)44-18-28(40)38-17-20-5-3-19(4-6-20)2-1-11-39(42)43/h1-3,5,9-10,12-16H,7-8,11,17-18H2,(H,38,40)/b2-1+,23-12+. The number of allylic oxidation sites excluding steroid dienone is 1. The number of Topliss-reactive ketones (excluding diaryl/α,β-unsaturated/α-hetero) is 1. The second kappa shape index (κ2) is 13.0. The summed E-state index contributed by atoms with van der Waals surface area (Å²) in [6, 6.07) is 14.6. The van der Waals surface area contributed by atoms with Crippen LogP contribution in [-0.4, -0.2) is 29.8 Å². The van der Waals surface area contributed by atoms with Crippen molar-refractivity contribution < 1.29 is 45.6 Å². The number of ketones is 1. The van der Waals surface area contributed by atoms with Gasteiger partial charge in [0.15, 0.2) is 12.4 Å². The molecule has 0 saturated heterocycles. The maximum Gasteiger partial charge on any atom is 0.416 e. The molecule has 13 heteroatoms. The molecular weight excluding hydrogens is 594 g/mol. The molecular formula is C31H22F6N2O5. The monoisotopic (exact) mass is 616 g/mol. The molecule has 0 unspecified atom stereocenters. The predicted molar refractivity (Wildman–Crippen MR) is 146 cm³/mol. The predicted octanol–water partition coefficient (Wildman–Crippen LogP) is 6.52. The number of carbonyl (C=O) groups is 2. The van der Waals surface area contributed by atoms with Crippen molar-refractivity contribution in [3.8, 4) is 5.75 Å². The molecule has 1 aliphatic rings. The van der Waals surface area contributed by atoms with E-state index in [4.69, 9.17) is 4.74 Å². The fourth-order valence-electron chi connectivity index (χ4n) is 4.33. The quantitative estimate of drug-likeness (QED) is 0.128. The average molecular weight is 617 g/mol. The van der Waals surface area contributed by atoms with Gasteiger partial charge in [0, 0.05) is 27.2 Å². The van der Waals surface area contributed by atoms with Crippen LogP contribution in [0.4, 0.5) is 26.3 Å². The molecule has 0 fully saturated rings. The molecule has 0 saturated carbocycles. The second-order valence-electron chi connectivity index (χ2n) is 9.70. The number of rotatable bonds is 9. The van der Waals surface area contributed by atoms with Crippen LogP contribution in [0.2, 0.25) is 0 Å². The van der Waals surface area contributed by atoms with Crippen molar-refractivity contribution in [3.05, 3.63) is 121 Å². The van der Waals surface area contributed by atoms with E-state index >= 15 is 0 Å². The molecule has 1 aliphatic carbocycles. The Morgan fingerprint density at radius 1 is 0.977 bits per heavy atom. The highest BCUT2D eigenvalue weighted by Crippen LogP contribution is 2.37. The molecule has 4 rings (SSSR count). The summed E-state index contributed by atoms with van der Waals surface area (Å²) in [5.41, 5.74) is -1.28. The summed E-state index contributed by atoms with van der Waals surface area (Å²) in [6.07, 6.45) is -5.72. The molecule has 0 aliphatic heterocycles. The number of ether oxygens (including phenoxy) is 1. The van der Waals surface area contributed by atoms with E-state index in [1.807, 2.05) is 0 Å². The van der Waals surface area contributed by atoms with Gasteiger partial charge < -0.3 is 10.1 Å². The Kier molecular flexibility index (Phi) is 9.42. The molecule has 0 heterocycles. The van der Waals surface area contributed by atoms with Gasteiger partial charge in [0.25, 0.3) is 5.91 Å². The molecule has 0 spiro atoms. The summed E-state index contributed by atoms with van der Waals surface area (Å²) in [5.74, 6) is -0.696. The Bertz CT molecular complexity index is 1590. The SMILES string of the molecule is O=C(COc1ccc2c(c1)CC/C(=C\c1cc(C(F)(F)F)cc(C(F)(F)F)c1)C2=O)NCc1c#cc(/C=C/C[N+](=O)[O-])cc1. The third-order valence-corrected chi connectivity index (χ3v) is 6.46. The number of amides is 1.